The van der Waals surface area contributed by atoms with Crippen molar-refractivity contribution in [3.63, 3.8) is 0 Å². The Balaban J connectivity index is 1.38. The van der Waals surface area contributed by atoms with Gasteiger partial charge in [-0.25, -0.2) is 4.79 Å². The van der Waals surface area contributed by atoms with Crippen molar-refractivity contribution in [3.8, 4) is 11.1 Å². The highest BCUT2D eigenvalue weighted by Crippen LogP contribution is 2.44. The molecular weight excluding hydrogens is 358 g/mol. The molecule has 1 aliphatic rings. The number of fused-ring (bicyclic) bond motifs is 3. The molecule has 1 N–H and O–H groups in total. The summed E-state index contributed by atoms with van der Waals surface area (Å²) in [5.74, 6) is 0.0536. The molecule has 148 valence electrons. The van der Waals surface area contributed by atoms with Crippen molar-refractivity contribution >= 4 is 12.4 Å². The summed E-state index contributed by atoms with van der Waals surface area (Å²) in [6, 6.07) is 16.5. The van der Waals surface area contributed by atoms with Crippen LogP contribution in [0.4, 0.5) is 4.79 Å². The Kier molecular flexibility index (Phi) is 7.58. The Bertz CT molecular complexity index is 747. The molecule has 0 bridgehead atoms. The predicted octanol–water partition coefficient (Wildman–Crippen LogP) is 3.15. The van der Waals surface area contributed by atoms with E-state index in [2.05, 4.69) is 29.6 Å². The fourth-order valence-electron chi connectivity index (χ4n) is 3.33. The zero-order valence-corrected chi connectivity index (χ0v) is 15.8. The van der Waals surface area contributed by atoms with Crippen molar-refractivity contribution in [2.75, 3.05) is 39.6 Å². The second-order valence-corrected chi connectivity index (χ2v) is 6.43. The van der Waals surface area contributed by atoms with Crippen LogP contribution in [-0.4, -0.2) is 52.0 Å². The number of alkyl carbamates (subject to hydrolysis) is 1. The van der Waals surface area contributed by atoms with Gasteiger partial charge >= 0.3 is 6.09 Å². The summed E-state index contributed by atoms with van der Waals surface area (Å²) in [4.78, 5) is 22.1. The lowest BCUT2D eigenvalue weighted by molar-refractivity contribution is -0.108. The van der Waals surface area contributed by atoms with Gasteiger partial charge < -0.3 is 24.3 Å². The van der Waals surface area contributed by atoms with Crippen LogP contribution in [0.1, 0.15) is 23.5 Å². The quantitative estimate of drug-likeness (QED) is 0.477. The molecule has 1 aliphatic carbocycles. The van der Waals surface area contributed by atoms with E-state index in [1.165, 1.54) is 22.3 Å². The van der Waals surface area contributed by atoms with E-state index < -0.39 is 6.09 Å². The van der Waals surface area contributed by atoms with Crippen LogP contribution in [0.2, 0.25) is 0 Å². The van der Waals surface area contributed by atoms with Crippen LogP contribution >= 0.6 is 0 Å². The van der Waals surface area contributed by atoms with Crippen LogP contribution in [-0.2, 0) is 19.0 Å². The highest BCUT2D eigenvalue weighted by Gasteiger charge is 2.28. The minimum Gasteiger partial charge on any atom is -0.449 e. The Labute approximate surface area is 164 Å². The molecular formula is C22H25NO5. The van der Waals surface area contributed by atoms with Crippen molar-refractivity contribution in [2.24, 2.45) is 0 Å². The van der Waals surface area contributed by atoms with Crippen LogP contribution in [0.3, 0.4) is 0 Å². The van der Waals surface area contributed by atoms with Gasteiger partial charge in [-0.3, -0.25) is 0 Å². The maximum Gasteiger partial charge on any atom is 0.407 e. The number of hydrogen-bond donors (Lipinski definition) is 1. The molecule has 0 spiro atoms. The first-order valence-electron chi connectivity index (χ1n) is 9.49. The van der Waals surface area contributed by atoms with E-state index in [9.17, 15) is 9.59 Å². The highest BCUT2D eigenvalue weighted by molar-refractivity contribution is 5.79. The number of nitrogens with one attached hydrogen (secondary N) is 1. The lowest BCUT2D eigenvalue weighted by Gasteiger charge is -2.14. The molecule has 0 radical (unpaired) electrons. The van der Waals surface area contributed by atoms with Gasteiger partial charge in [0.2, 0.25) is 0 Å². The molecule has 0 aliphatic heterocycles. The highest BCUT2D eigenvalue weighted by atomic mass is 16.5. The Morgan fingerprint density at radius 3 is 2.14 bits per heavy atom. The molecule has 0 heterocycles. The van der Waals surface area contributed by atoms with E-state index in [1.54, 1.807) is 0 Å². The molecule has 0 unspecified atom stereocenters. The lowest BCUT2D eigenvalue weighted by Crippen LogP contribution is -2.29. The Morgan fingerprint density at radius 2 is 1.50 bits per heavy atom. The monoisotopic (exact) mass is 383 g/mol. The number of rotatable bonds is 11. The number of benzene rings is 2. The summed E-state index contributed by atoms with van der Waals surface area (Å²) in [5.41, 5.74) is 4.79. The second-order valence-electron chi connectivity index (χ2n) is 6.43. The van der Waals surface area contributed by atoms with Gasteiger partial charge in [-0.15, -0.1) is 0 Å². The van der Waals surface area contributed by atoms with Crippen LogP contribution in [0, 0.1) is 0 Å². The van der Waals surface area contributed by atoms with Crippen LogP contribution in [0.25, 0.3) is 11.1 Å². The number of carbonyl (C=O) groups is 2. The Morgan fingerprint density at radius 1 is 0.893 bits per heavy atom. The minimum absolute atomic E-state index is 0.0536. The second kappa shape index (κ2) is 10.6. The standard InChI is InChI=1S/C22H25NO5/c24-11-5-12-26-14-15-27-13-10-23-22(25)28-16-21-19-8-3-1-6-17(19)18-7-2-4-9-20(18)21/h1-4,6-9,11,21H,5,10,12-16H2,(H,23,25). The van der Waals surface area contributed by atoms with Crippen molar-refractivity contribution < 1.29 is 23.8 Å². The SMILES string of the molecule is O=CCCOCCOCCNC(=O)OCC1c2ccccc2-c2ccccc21. The summed E-state index contributed by atoms with van der Waals surface area (Å²) in [7, 11) is 0. The first-order valence-corrected chi connectivity index (χ1v) is 9.49. The third-order valence-electron chi connectivity index (χ3n) is 4.61. The third-order valence-corrected chi connectivity index (χ3v) is 4.61. The summed E-state index contributed by atoms with van der Waals surface area (Å²) in [5, 5.41) is 2.69. The van der Waals surface area contributed by atoms with Gasteiger partial charge in [0.05, 0.1) is 26.4 Å². The fourth-order valence-corrected chi connectivity index (χ4v) is 3.33. The van der Waals surface area contributed by atoms with E-state index in [0.717, 1.165) is 6.29 Å². The molecule has 0 aromatic heterocycles. The molecule has 3 rings (SSSR count). The molecule has 2 aromatic carbocycles. The normalized spacial score (nSPS) is 12.3. The summed E-state index contributed by atoms with van der Waals surface area (Å²) in [6.07, 6.45) is 0.760. The summed E-state index contributed by atoms with van der Waals surface area (Å²) < 4.78 is 16.0. The number of aldehydes is 1. The van der Waals surface area contributed by atoms with Crippen LogP contribution in [0.15, 0.2) is 48.5 Å². The lowest BCUT2D eigenvalue weighted by atomic mass is 9.98. The number of ether oxygens (including phenoxy) is 3. The van der Waals surface area contributed by atoms with Crippen molar-refractivity contribution in [3.05, 3.63) is 59.7 Å². The molecule has 6 heteroatoms. The zero-order valence-electron chi connectivity index (χ0n) is 15.8. The van der Waals surface area contributed by atoms with Crippen LogP contribution in [0.5, 0.6) is 0 Å². The smallest absolute Gasteiger partial charge is 0.407 e. The maximum absolute atomic E-state index is 12.0. The van der Waals surface area contributed by atoms with E-state index in [0.29, 0.717) is 46.0 Å². The number of carbonyl (C=O) groups excluding carboxylic acids is 2. The molecule has 0 atom stereocenters. The third kappa shape index (κ3) is 5.18. The predicted molar refractivity (Wildman–Crippen MR) is 105 cm³/mol. The van der Waals surface area contributed by atoms with Crippen molar-refractivity contribution in [1.29, 1.82) is 0 Å². The molecule has 0 saturated carbocycles. The minimum atomic E-state index is -0.451. The molecule has 1 amide bonds. The van der Waals surface area contributed by atoms with E-state index in [4.69, 9.17) is 14.2 Å². The molecule has 28 heavy (non-hydrogen) atoms. The topological polar surface area (TPSA) is 73.9 Å². The average molecular weight is 383 g/mol. The van der Waals surface area contributed by atoms with Gasteiger partial charge in [0, 0.05) is 18.9 Å². The van der Waals surface area contributed by atoms with Gasteiger partial charge in [0.1, 0.15) is 12.9 Å². The van der Waals surface area contributed by atoms with E-state index >= 15 is 0 Å². The fraction of sp³-hybridized carbons (Fsp3) is 0.364. The largest absolute Gasteiger partial charge is 0.449 e. The first kappa shape index (κ1) is 20.0. The molecule has 0 fully saturated rings. The van der Waals surface area contributed by atoms with Gasteiger partial charge in [0.15, 0.2) is 0 Å². The van der Waals surface area contributed by atoms with E-state index in [-0.39, 0.29) is 5.92 Å². The first-order chi connectivity index (χ1) is 13.8. The molecule has 6 nitrogen and oxygen atoms in total. The van der Waals surface area contributed by atoms with Crippen molar-refractivity contribution in [2.45, 2.75) is 12.3 Å². The van der Waals surface area contributed by atoms with Crippen LogP contribution < -0.4 is 5.32 Å². The maximum atomic E-state index is 12.0. The zero-order chi connectivity index (χ0) is 19.6. The Hall–Kier alpha value is -2.70. The van der Waals surface area contributed by atoms with Gasteiger partial charge in [0.25, 0.3) is 0 Å². The average Bonchev–Trinajstić information content (AvgIpc) is 3.05. The summed E-state index contributed by atoms with van der Waals surface area (Å²) in [6.45, 7) is 2.30. The van der Waals surface area contributed by atoms with Gasteiger partial charge in [-0.05, 0) is 22.3 Å². The molecule has 0 saturated heterocycles. The molecule has 2 aromatic rings. The van der Waals surface area contributed by atoms with Crippen molar-refractivity contribution in [1.82, 2.24) is 5.32 Å². The van der Waals surface area contributed by atoms with Gasteiger partial charge in [-0.2, -0.15) is 0 Å². The van der Waals surface area contributed by atoms with E-state index in [1.807, 2.05) is 24.3 Å². The van der Waals surface area contributed by atoms with Gasteiger partial charge in [-0.1, -0.05) is 48.5 Å². The summed E-state index contributed by atoms with van der Waals surface area (Å²) >= 11 is 0. The number of hydrogen-bond acceptors (Lipinski definition) is 5. The number of amides is 1.